The number of alkyl halides is 2. The first kappa shape index (κ1) is 17.8. The maximum absolute atomic E-state index is 5.58. The number of hydrogen-bond donors (Lipinski definition) is 0. The molecule has 0 aliphatic heterocycles. The molecule has 0 atom stereocenters. The van der Waals surface area contributed by atoms with Crippen LogP contribution in [0.4, 0.5) is 0 Å². The summed E-state index contributed by atoms with van der Waals surface area (Å²) in [5, 5.41) is 2.22. The molecule has 0 spiro atoms. The second-order valence-corrected chi connectivity index (χ2v) is 7.27. The van der Waals surface area contributed by atoms with Gasteiger partial charge in [0, 0.05) is 0 Å². The second kappa shape index (κ2) is 10.7. The molecule has 7 heteroatoms. The molecule has 0 aliphatic rings. The molecular formula is C10H9Cl5S2. The highest BCUT2D eigenvalue weighted by Gasteiger charge is 1.89. The van der Waals surface area contributed by atoms with E-state index in [4.69, 9.17) is 58.0 Å². The zero-order chi connectivity index (χ0) is 13.3. The van der Waals surface area contributed by atoms with E-state index in [0.717, 1.165) is 13.0 Å². The van der Waals surface area contributed by atoms with Crippen LogP contribution < -0.4 is 0 Å². The average molecular weight is 371 g/mol. The molecule has 0 N–H and O–H groups in total. The highest BCUT2D eigenvalue weighted by molar-refractivity contribution is 7.19. The average Bonchev–Trinajstić information content (AvgIpc) is 2.78. The van der Waals surface area contributed by atoms with Gasteiger partial charge in [-0.3, -0.25) is 0 Å². The maximum Gasteiger partial charge on any atom is 0.0967 e. The monoisotopic (exact) mass is 368 g/mol. The fourth-order valence-electron chi connectivity index (χ4n) is 0.688. The van der Waals surface area contributed by atoms with E-state index >= 15 is 0 Å². The molecule has 96 valence electrons. The van der Waals surface area contributed by atoms with E-state index in [1.807, 2.05) is 18.4 Å². The standard InChI is InChI=1S/C5H5ClS.C4H2Cl2S.CH2Cl2/c1-4-2-5(6)7-3-4;5-3-1-2-4(6)7-3;2-1-3/h2-3H,1H3;1-2H;1H2. The summed E-state index contributed by atoms with van der Waals surface area (Å²) in [5.74, 6) is 0. The van der Waals surface area contributed by atoms with Crippen molar-refractivity contribution in [1.82, 2.24) is 0 Å². The van der Waals surface area contributed by atoms with E-state index in [0.29, 0.717) is 0 Å². The van der Waals surface area contributed by atoms with Gasteiger partial charge in [-0.2, -0.15) is 0 Å². The Bertz CT molecular complexity index is 339. The van der Waals surface area contributed by atoms with Gasteiger partial charge in [0.2, 0.25) is 0 Å². The molecule has 0 bridgehead atoms. The van der Waals surface area contributed by atoms with E-state index in [-0.39, 0.29) is 5.34 Å². The lowest BCUT2D eigenvalue weighted by molar-refractivity contribution is 1.56. The van der Waals surface area contributed by atoms with Crippen LogP contribution in [0.2, 0.25) is 13.0 Å². The van der Waals surface area contributed by atoms with Crippen LogP contribution in [-0.4, -0.2) is 5.34 Å². The van der Waals surface area contributed by atoms with Crippen LogP contribution in [0.15, 0.2) is 23.6 Å². The predicted molar refractivity (Wildman–Crippen MR) is 85.0 cm³/mol. The Morgan fingerprint density at radius 2 is 1.47 bits per heavy atom. The Hall–Kier alpha value is 0.850. The van der Waals surface area contributed by atoms with Crippen molar-refractivity contribution in [3.05, 3.63) is 42.2 Å². The van der Waals surface area contributed by atoms with Gasteiger partial charge in [0.05, 0.1) is 18.3 Å². The lowest BCUT2D eigenvalue weighted by Crippen LogP contribution is -1.49. The number of hydrogen-bond acceptors (Lipinski definition) is 2. The molecule has 0 fully saturated rings. The molecule has 17 heavy (non-hydrogen) atoms. The molecular weight excluding hydrogens is 362 g/mol. The first-order valence-electron chi connectivity index (χ1n) is 4.23. The molecule has 2 rings (SSSR count). The molecule has 0 aliphatic carbocycles. The number of thiophene rings is 2. The largest absolute Gasteiger partial charge is 0.132 e. The van der Waals surface area contributed by atoms with Crippen LogP contribution in [0.25, 0.3) is 0 Å². The van der Waals surface area contributed by atoms with Crippen LogP contribution in [0, 0.1) is 6.92 Å². The molecule has 0 saturated heterocycles. The topological polar surface area (TPSA) is 0 Å². The normalized spacial score (nSPS) is 8.82. The van der Waals surface area contributed by atoms with Crippen LogP contribution in [-0.2, 0) is 0 Å². The third-order valence-electron chi connectivity index (χ3n) is 1.24. The summed E-state index contributed by atoms with van der Waals surface area (Å²) in [5.41, 5.74) is 1.25. The van der Waals surface area contributed by atoms with Crippen LogP contribution in [0.5, 0.6) is 0 Å². The highest BCUT2D eigenvalue weighted by Crippen LogP contribution is 2.24. The van der Waals surface area contributed by atoms with Crippen molar-refractivity contribution in [3.8, 4) is 0 Å². The van der Waals surface area contributed by atoms with Gasteiger partial charge in [-0.25, -0.2) is 0 Å². The van der Waals surface area contributed by atoms with Crippen LogP contribution in [0.3, 0.4) is 0 Å². The minimum atomic E-state index is 0.194. The first-order valence-corrected chi connectivity index (χ1v) is 8.13. The zero-order valence-electron chi connectivity index (χ0n) is 8.72. The summed E-state index contributed by atoms with van der Waals surface area (Å²) in [6.07, 6.45) is 0. The molecule has 0 radical (unpaired) electrons. The van der Waals surface area contributed by atoms with Gasteiger partial charge in [0.15, 0.2) is 0 Å². The maximum atomic E-state index is 5.58. The molecule has 2 aromatic heterocycles. The lowest BCUT2D eigenvalue weighted by atomic mass is 10.4. The third kappa shape index (κ3) is 10.5. The van der Waals surface area contributed by atoms with Crippen molar-refractivity contribution >= 4 is 80.7 Å². The Kier molecular flexibility index (Phi) is 11.3. The number of halogens is 5. The molecule has 0 unspecified atom stereocenters. The minimum Gasteiger partial charge on any atom is -0.132 e. The van der Waals surface area contributed by atoms with Crippen molar-refractivity contribution in [2.45, 2.75) is 6.92 Å². The van der Waals surface area contributed by atoms with Crippen molar-refractivity contribution in [2.75, 3.05) is 5.34 Å². The summed E-state index contributed by atoms with van der Waals surface area (Å²) in [6, 6.07) is 5.50. The summed E-state index contributed by atoms with van der Waals surface area (Å²) >= 11 is 29.0. The van der Waals surface area contributed by atoms with Crippen molar-refractivity contribution in [2.24, 2.45) is 0 Å². The Morgan fingerprint density at radius 1 is 1.00 bits per heavy atom. The predicted octanol–water partition coefficient (Wildman–Crippen LogP) is 7.19. The van der Waals surface area contributed by atoms with Gasteiger partial charge in [-0.05, 0) is 36.1 Å². The van der Waals surface area contributed by atoms with E-state index in [2.05, 4.69) is 0 Å². The molecule has 0 aromatic carbocycles. The minimum absolute atomic E-state index is 0.194. The fourth-order valence-corrected chi connectivity index (χ4v) is 2.82. The highest BCUT2D eigenvalue weighted by atomic mass is 35.5. The van der Waals surface area contributed by atoms with Gasteiger partial charge in [-0.1, -0.05) is 34.8 Å². The van der Waals surface area contributed by atoms with Crippen LogP contribution >= 0.6 is 80.7 Å². The van der Waals surface area contributed by atoms with Crippen molar-refractivity contribution in [3.63, 3.8) is 0 Å². The fraction of sp³-hybridized carbons (Fsp3) is 0.200. The molecule has 2 heterocycles. The Morgan fingerprint density at radius 3 is 1.59 bits per heavy atom. The Labute approximate surface area is 134 Å². The summed E-state index contributed by atoms with van der Waals surface area (Å²) in [6.45, 7) is 2.03. The molecule has 0 amide bonds. The van der Waals surface area contributed by atoms with Crippen molar-refractivity contribution < 1.29 is 0 Å². The first-order chi connectivity index (χ1) is 7.99. The second-order valence-electron chi connectivity index (χ2n) is 2.57. The van der Waals surface area contributed by atoms with Gasteiger partial charge in [0.25, 0.3) is 0 Å². The summed E-state index contributed by atoms with van der Waals surface area (Å²) < 4.78 is 2.35. The molecule has 0 saturated carbocycles. The van der Waals surface area contributed by atoms with E-state index < -0.39 is 0 Å². The smallest absolute Gasteiger partial charge is 0.0967 e. The number of rotatable bonds is 0. The van der Waals surface area contributed by atoms with Crippen LogP contribution in [0.1, 0.15) is 5.56 Å². The van der Waals surface area contributed by atoms with Gasteiger partial charge >= 0.3 is 0 Å². The Balaban J connectivity index is 0.000000247. The third-order valence-corrected chi connectivity index (χ3v) is 3.83. The number of aryl methyl sites for hydroxylation is 1. The molecule has 0 nitrogen and oxygen atoms in total. The lowest BCUT2D eigenvalue weighted by Gasteiger charge is -1.68. The zero-order valence-corrected chi connectivity index (χ0v) is 14.1. The SMILES string of the molecule is Cc1csc(Cl)c1.ClCCl.Clc1ccc(Cl)s1. The van der Waals surface area contributed by atoms with Gasteiger partial charge in [-0.15, -0.1) is 45.9 Å². The molecule has 2 aromatic rings. The van der Waals surface area contributed by atoms with E-state index in [9.17, 15) is 0 Å². The quantitative estimate of drug-likeness (QED) is 0.431. The van der Waals surface area contributed by atoms with Crippen molar-refractivity contribution in [1.29, 1.82) is 0 Å². The van der Waals surface area contributed by atoms with E-state index in [1.165, 1.54) is 16.9 Å². The van der Waals surface area contributed by atoms with E-state index in [1.54, 1.807) is 23.5 Å². The van der Waals surface area contributed by atoms with Gasteiger partial charge < -0.3 is 0 Å². The van der Waals surface area contributed by atoms with Gasteiger partial charge in [0.1, 0.15) is 0 Å². The summed E-state index contributed by atoms with van der Waals surface area (Å²) in [7, 11) is 0. The summed E-state index contributed by atoms with van der Waals surface area (Å²) in [4.78, 5) is 0.